The highest BCUT2D eigenvalue weighted by Crippen LogP contribution is 2.17. The lowest BCUT2D eigenvalue weighted by atomic mass is 10.1. The van der Waals surface area contributed by atoms with Crippen LogP contribution in [0.15, 0.2) is 18.2 Å². The molecular weight excluding hydrogens is 302 g/mol. The molecule has 0 spiro atoms. The van der Waals surface area contributed by atoms with Crippen LogP contribution in [-0.2, 0) is 0 Å². The fourth-order valence-corrected chi connectivity index (χ4v) is 1.98. The van der Waals surface area contributed by atoms with Crippen LogP contribution in [0.25, 0.3) is 0 Å². The molecule has 17 heavy (non-hydrogen) atoms. The fourth-order valence-electron chi connectivity index (χ4n) is 1.55. The Kier molecular flexibility index (Phi) is 5.47. The predicted octanol–water partition coefficient (Wildman–Crippen LogP) is 3.89. The highest BCUT2D eigenvalue weighted by Gasteiger charge is 2.14. The molecule has 1 aromatic carbocycles. The van der Waals surface area contributed by atoms with Gasteiger partial charge in [0, 0.05) is 29.0 Å². The molecule has 0 aliphatic carbocycles. The lowest BCUT2D eigenvalue weighted by Gasteiger charge is -2.19. The normalized spacial score (nSPS) is 12.3. The standard InChI is InChI=1S/C13H17BrClNO/c1-9-8-11(15)4-5-12(9)13(17)16(3)7-6-10(2)14/h4-5,8,10H,6-7H2,1-3H3. The molecule has 0 aromatic heterocycles. The van der Waals surface area contributed by atoms with Gasteiger partial charge in [-0.2, -0.15) is 0 Å². The molecule has 0 N–H and O–H groups in total. The zero-order valence-corrected chi connectivity index (χ0v) is 12.7. The van der Waals surface area contributed by atoms with E-state index in [0.29, 0.717) is 9.85 Å². The Hall–Kier alpha value is -0.540. The second-order valence-corrected chi connectivity index (χ2v) is 6.25. The third kappa shape index (κ3) is 4.32. The van der Waals surface area contributed by atoms with Crippen molar-refractivity contribution < 1.29 is 4.79 Å². The van der Waals surface area contributed by atoms with E-state index in [4.69, 9.17) is 11.6 Å². The summed E-state index contributed by atoms with van der Waals surface area (Å²) in [5.41, 5.74) is 1.64. The number of hydrogen-bond acceptors (Lipinski definition) is 1. The van der Waals surface area contributed by atoms with E-state index in [1.807, 2.05) is 20.0 Å². The van der Waals surface area contributed by atoms with Gasteiger partial charge < -0.3 is 4.90 Å². The summed E-state index contributed by atoms with van der Waals surface area (Å²) in [5, 5.41) is 0.663. The molecule has 1 rings (SSSR count). The van der Waals surface area contributed by atoms with E-state index in [1.54, 1.807) is 17.0 Å². The monoisotopic (exact) mass is 317 g/mol. The van der Waals surface area contributed by atoms with Crippen LogP contribution in [0.2, 0.25) is 5.02 Å². The number of carbonyl (C=O) groups excluding carboxylic acids is 1. The van der Waals surface area contributed by atoms with E-state index in [9.17, 15) is 4.79 Å². The van der Waals surface area contributed by atoms with Gasteiger partial charge in [0.05, 0.1) is 0 Å². The van der Waals surface area contributed by atoms with Gasteiger partial charge in [-0.05, 0) is 37.1 Å². The van der Waals surface area contributed by atoms with Crippen LogP contribution in [0.5, 0.6) is 0 Å². The molecule has 1 aromatic rings. The van der Waals surface area contributed by atoms with Gasteiger partial charge in [0.15, 0.2) is 0 Å². The highest BCUT2D eigenvalue weighted by atomic mass is 79.9. The van der Waals surface area contributed by atoms with Gasteiger partial charge in [0.25, 0.3) is 5.91 Å². The average Bonchev–Trinajstić information content (AvgIpc) is 2.25. The molecule has 0 saturated heterocycles. The number of aryl methyl sites for hydroxylation is 1. The Morgan fingerprint density at radius 1 is 1.53 bits per heavy atom. The van der Waals surface area contributed by atoms with E-state index in [1.165, 1.54) is 0 Å². The van der Waals surface area contributed by atoms with Crippen molar-refractivity contribution in [3.8, 4) is 0 Å². The maximum atomic E-state index is 12.2. The second-order valence-electron chi connectivity index (χ2n) is 4.26. The Morgan fingerprint density at radius 3 is 2.71 bits per heavy atom. The van der Waals surface area contributed by atoms with E-state index < -0.39 is 0 Å². The predicted molar refractivity (Wildman–Crippen MR) is 76.2 cm³/mol. The molecule has 0 aliphatic heterocycles. The quantitative estimate of drug-likeness (QED) is 0.771. The van der Waals surface area contributed by atoms with Crippen molar-refractivity contribution in [2.45, 2.75) is 25.1 Å². The van der Waals surface area contributed by atoms with Crippen molar-refractivity contribution in [3.05, 3.63) is 34.3 Å². The summed E-state index contributed by atoms with van der Waals surface area (Å²) in [7, 11) is 1.83. The Morgan fingerprint density at radius 2 is 2.18 bits per heavy atom. The molecule has 4 heteroatoms. The Labute approximate surface area is 116 Å². The summed E-state index contributed by atoms with van der Waals surface area (Å²) in [6.07, 6.45) is 0.939. The number of amides is 1. The third-order valence-corrected chi connectivity index (χ3v) is 3.32. The van der Waals surface area contributed by atoms with E-state index >= 15 is 0 Å². The van der Waals surface area contributed by atoms with Crippen LogP contribution in [0.3, 0.4) is 0 Å². The van der Waals surface area contributed by atoms with Crippen molar-refractivity contribution in [1.82, 2.24) is 4.90 Å². The maximum Gasteiger partial charge on any atom is 0.253 e. The maximum absolute atomic E-state index is 12.2. The van der Waals surface area contributed by atoms with Crippen LogP contribution in [0.4, 0.5) is 0 Å². The number of hydrogen-bond donors (Lipinski definition) is 0. The van der Waals surface area contributed by atoms with Crippen LogP contribution < -0.4 is 0 Å². The largest absolute Gasteiger partial charge is 0.342 e. The number of carbonyl (C=O) groups is 1. The summed E-state index contributed by atoms with van der Waals surface area (Å²) in [6.45, 7) is 4.72. The van der Waals surface area contributed by atoms with Crippen molar-refractivity contribution in [3.63, 3.8) is 0 Å². The third-order valence-electron chi connectivity index (χ3n) is 2.63. The first-order chi connectivity index (χ1) is 7.91. The molecule has 0 aliphatic rings. The zero-order chi connectivity index (χ0) is 13.0. The van der Waals surface area contributed by atoms with Gasteiger partial charge in [-0.1, -0.05) is 34.5 Å². The smallest absolute Gasteiger partial charge is 0.253 e. The highest BCUT2D eigenvalue weighted by molar-refractivity contribution is 9.09. The molecule has 94 valence electrons. The molecule has 1 atom stereocenters. The van der Waals surface area contributed by atoms with Crippen molar-refractivity contribution in [1.29, 1.82) is 0 Å². The summed E-state index contributed by atoms with van der Waals surface area (Å²) in [6, 6.07) is 5.35. The summed E-state index contributed by atoms with van der Waals surface area (Å²) < 4.78 is 0. The molecular formula is C13H17BrClNO. The molecule has 1 unspecified atom stereocenters. The van der Waals surface area contributed by atoms with E-state index in [2.05, 4.69) is 22.9 Å². The first kappa shape index (κ1) is 14.5. The van der Waals surface area contributed by atoms with Crippen LogP contribution in [0.1, 0.15) is 29.3 Å². The molecule has 0 saturated carbocycles. The van der Waals surface area contributed by atoms with Crippen LogP contribution in [0, 0.1) is 6.92 Å². The van der Waals surface area contributed by atoms with Crippen LogP contribution in [-0.4, -0.2) is 29.2 Å². The first-order valence-electron chi connectivity index (χ1n) is 5.57. The first-order valence-corrected chi connectivity index (χ1v) is 6.87. The molecule has 2 nitrogen and oxygen atoms in total. The van der Waals surface area contributed by atoms with E-state index in [-0.39, 0.29) is 5.91 Å². The minimum absolute atomic E-state index is 0.0484. The molecule has 0 fully saturated rings. The lowest BCUT2D eigenvalue weighted by molar-refractivity contribution is 0.0793. The number of alkyl halides is 1. The molecule has 1 amide bonds. The molecule has 0 heterocycles. The summed E-state index contributed by atoms with van der Waals surface area (Å²) in [4.78, 5) is 14.3. The minimum Gasteiger partial charge on any atom is -0.342 e. The number of rotatable bonds is 4. The van der Waals surface area contributed by atoms with Crippen molar-refractivity contribution in [2.24, 2.45) is 0 Å². The van der Waals surface area contributed by atoms with Crippen molar-refractivity contribution in [2.75, 3.05) is 13.6 Å². The Balaban J connectivity index is 2.75. The van der Waals surface area contributed by atoms with Gasteiger partial charge in [-0.15, -0.1) is 0 Å². The fraction of sp³-hybridized carbons (Fsp3) is 0.462. The summed E-state index contributed by atoms with van der Waals surface area (Å²) in [5.74, 6) is 0.0484. The average molecular weight is 319 g/mol. The SMILES string of the molecule is Cc1cc(Cl)ccc1C(=O)N(C)CCC(C)Br. The second kappa shape index (κ2) is 6.41. The molecule has 0 bridgehead atoms. The topological polar surface area (TPSA) is 20.3 Å². The number of nitrogens with zero attached hydrogens (tertiary/aromatic N) is 1. The number of benzene rings is 1. The molecule has 0 radical (unpaired) electrons. The minimum atomic E-state index is 0.0484. The van der Waals surface area contributed by atoms with Gasteiger partial charge in [-0.25, -0.2) is 0 Å². The Bertz CT molecular complexity index is 406. The lowest BCUT2D eigenvalue weighted by Crippen LogP contribution is -2.29. The van der Waals surface area contributed by atoms with Crippen LogP contribution >= 0.6 is 27.5 Å². The van der Waals surface area contributed by atoms with Gasteiger partial charge in [0.1, 0.15) is 0 Å². The zero-order valence-electron chi connectivity index (χ0n) is 10.3. The van der Waals surface area contributed by atoms with Gasteiger partial charge >= 0.3 is 0 Å². The number of halogens is 2. The van der Waals surface area contributed by atoms with Gasteiger partial charge in [-0.3, -0.25) is 4.79 Å². The van der Waals surface area contributed by atoms with Crippen molar-refractivity contribution >= 4 is 33.4 Å². The van der Waals surface area contributed by atoms with Gasteiger partial charge in [0.2, 0.25) is 0 Å². The van der Waals surface area contributed by atoms with E-state index in [0.717, 1.165) is 24.1 Å². The summed E-state index contributed by atoms with van der Waals surface area (Å²) >= 11 is 9.35.